The Hall–Kier alpha value is -2.25. The van der Waals surface area contributed by atoms with Gasteiger partial charge in [-0.15, -0.1) is 0 Å². The normalized spacial score (nSPS) is 11.5. The van der Waals surface area contributed by atoms with Gasteiger partial charge >= 0.3 is 0 Å². The number of aryl methyl sites for hydroxylation is 1. The van der Waals surface area contributed by atoms with Crippen molar-refractivity contribution < 1.29 is 0 Å². The molecule has 0 heterocycles. The number of nitrogens with two attached hydrogens (primary N) is 1. The fraction of sp³-hybridized carbons (Fsp3) is 0.267. The zero-order chi connectivity index (χ0) is 14.1. The highest BCUT2D eigenvalue weighted by atomic mass is 14.7. The van der Waals surface area contributed by atoms with Crippen LogP contribution in [-0.2, 0) is 6.54 Å². The number of hydrogen-bond donors (Lipinski definition) is 1. The lowest BCUT2D eigenvalue weighted by Crippen LogP contribution is -2.01. The Balaban J connectivity index is 2.73. The van der Waals surface area contributed by atoms with Crippen molar-refractivity contribution in [2.75, 3.05) is 6.54 Å². The molecule has 0 spiro atoms. The first-order valence-corrected chi connectivity index (χ1v) is 6.05. The third-order valence-electron chi connectivity index (χ3n) is 2.68. The lowest BCUT2D eigenvalue weighted by Gasteiger charge is -2.03. The smallest absolute Gasteiger partial charge is 0.0991 e. The van der Waals surface area contributed by atoms with E-state index in [9.17, 15) is 0 Å². The van der Waals surface area contributed by atoms with Crippen molar-refractivity contribution in [2.24, 2.45) is 15.7 Å². The van der Waals surface area contributed by atoms with E-state index in [1.807, 2.05) is 19.1 Å². The van der Waals surface area contributed by atoms with Gasteiger partial charge in [0.15, 0.2) is 0 Å². The van der Waals surface area contributed by atoms with Gasteiger partial charge < -0.3 is 5.73 Å². The second-order valence-corrected chi connectivity index (χ2v) is 4.15. The molecule has 0 aliphatic carbocycles. The fourth-order valence-electron chi connectivity index (χ4n) is 1.65. The maximum atomic E-state index is 8.80. The molecule has 4 nitrogen and oxygen atoms in total. The number of hydrogen-bond acceptors (Lipinski definition) is 4. The van der Waals surface area contributed by atoms with Crippen LogP contribution in [0.1, 0.15) is 23.1 Å². The van der Waals surface area contributed by atoms with Crippen LogP contribution >= 0.6 is 0 Å². The number of rotatable bonds is 6. The topological polar surface area (TPSA) is 74.5 Å². The summed E-state index contributed by atoms with van der Waals surface area (Å²) >= 11 is 0. The Bertz CT molecular complexity index is 536. The molecule has 1 rings (SSSR count). The number of nitrogens with zero attached hydrogens (tertiary/aromatic N) is 3. The summed E-state index contributed by atoms with van der Waals surface area (Å²) in [6.07, 6.45) is 4.18. The Labute approximate surface area is 114 Å². The average molecular weight is 254 g/mol. The Kier molecular flexibility index (Phi) is 6.20. The molecule has 0 fully saturated rings. The van der Waals surface area contributed by atoms with Gasteiger partial charge in [0.2, 0.25) is 0 Å². The van der Waals surface area contributed by atoms with Crippen molar-refractivity contribution in [1.29, 1.82) is 5.26 Å². The first kappa shape index (κ1) is 14.8. The highest BCUT2D eigenvalue weighted by Crippen LogP contribution is 2.11. The van der Waals surface area contributed by atoms with Crippen LogP contribution in [-0.4, -0.2) is 19.5 Å². The lowest BCUT2D eigenvalue weighted by molar-refractivity contribution is 0.976. The summed E-state index contributed by atoms with van der Waals surface area (Å²) in [5, 5.41) is 8.80. The molecule has 2 N–H and O–H groups in total. The van der Waals surface area contributed by atoms with Gasteiger partial charge in [0, 0.05) is 12.4 Å². The number of benzene rings is 1. The van der Waals surface area contributed by atoms with E-state index in [-0.39, 0.29) is 0 Å². The third kappa shape index (κ3) is 4.86. The lowest BCUT2D eigenvalue weighted by atomic mass is 10.1. The molecule has 0 radical (unpaired) electrons. The Morgan fingerprint density at radius 2 is 2.32 bits per heavy atom. The molecule has 0 unspecified atom stereocenters. The van der Waals surface area contributed by atoms with E-state index in [4.69, 9.17) is 11.0 Å². The molecule has 0 saturated heterocycles. The SMILES string of the molecule is C=N/C=C(\C=N/Cc1ccc(C#N)cc1C)CCN. The minimum atomic E-state index is 0.559. The van der Waals surface area contributed by atoms with Gasteiger partial charge in [-0.25, -0.2) is 0 Å². The van der Waals surface area contributed by atoms with Gasteiger partial charge in [0.1, 0.15) is 0 Å². The molecule has 0 bridgehead atoms. The van der Waals surface area contributed by atoms with Crippen LogP contribution in [0.4, 0.5) is 0 Å². The van der Waals surface area contributed by atoms with Crippen LogP contribution in [0.25, 0.3) is 0 Å². The molecule has 0 aliphatic heterocycles. The molecule has 0 atom stereocenters. The maximum absolute atomic E-state index is 8.80. The van der Waals surface area contributed by atoms with E-state index >= 15 is 0 Å². The third-order valence-corrected chi connectivity index (χ3v) is 2.68. The number of nitriles is 1. The van der Waals surface area contributed by atoms with E-state index in [0.717, 1.165) is 23.1 Å². The summed E-state index contributed by atoms with van der Waals surface area (Å²) < 4.78 is 0. The molecular weight excluding hydrogens is 236 g/mol. The van der Waals surface area contributed by atoms with Crippen molar-refractivity contribution in [3.05, 3.63) is 46.7 Å². The predicted octanol–water partition coefficient (Wildman–Crippen LogP) is 2.37. The summed E-state index contributed by atoms with van der Waals surface area (Å²) in [7, 11) is 0. The number of aliphatic imine (C=N–C) groups is 2. The van der Waals surface area contributed by atoms with Crippen molar-refractivity contribution in [2.45, 2.75) is 19.9 Å². The van der Waals surface area contributed by atoms with Crippen LogP contribution in [0, 0.1) is 18.3 Å². The summed E-state index contributed by atoms with van der Waals surface area (Å²) in [6.45, 7) is 6.54. The van der Waals surface area contributed by atoms with Crippen LogP contribution < -0.4 is 5.73 Å². The zero-order valence-corrected chi connectivity index (χ0v) is 11.1. The molecule has 0 aromatic heterocycles. The van der Waals surface area contributed by atoms with Crippen LogP contribution in [0.2, 0.25) is 0 Å². The standard InChI is InChI=1S/C15H18N4/c1-12-7-13(8-17)3-4-15(12)11-19-10-14(5-6-16)9-18-2/h3-4,7,9-10H,2,5-6,11,16H2,1H3/b14-9-,19-10-. The highest BCUT2D eigenvalue weighted by molar-refractivity contribution is 5.78. The second-order valence-electron chi connectivity index (χ2n) is 4.15. The minimum absolute atomic E-state index is 0.559. The summed E-state index contributed by atoms with van der Waals surface area (Å²) in [5.41, 5.74) is 9.31. The molecule has 1 aromatic carbocycles. The second kappa shape index (κ2) is 7.96. The van der Waals surface area contributed by atoms with Crippen molar-refractivity contribution in [3.8, 4) is 6.07 Å². The van der Waals surface area contributed by atoms with Gasteiger partial charge in [-0.1, -0.05) is 6.07 Å². The van der Waals surface area contributed by atoms with Gasteiger partial charge in [-0.05, 0) is 55.4 Å². The summed E-state index contributed by atoms with van der Waals surface area (Å²) in [5.74, 6) is 0. The Morgan fingerprint density at radius 1 is 1.53 bits per heavy atom. The van der Waals surface area contributed by atoms with E-state index in [2.05, 4.69) is 22.8 Å². The molecule has 0 amide bonds. The minimum Gasteiger partial charge on any atom is -0.330 e. The van der Waals surface area contributed by atoms with Gasteiger partial charge in [0.05, 0.1) is 18.2 Å². The monoisotopic (exact) mass is 254 g/mol. The van der Waals surface area contributed by atoms with Gasteiger partial charge in [-0.2, -0.15) is 5.26 Å². The van der Waals surface area contributed by atoms with Crippen molar-refractivity contribution in [3.63, 3.8) is 0 Å². The molecular formula is C15H18N4. The van der Waals surface area contributed by atoms with Crippen LogP contribution in [0.15, 0.2) is 40.0 Å². The van der Waals surface area contributed by atoms with E-state index in [1.54, 1.807) is 18.5 Å². The molecule has 98 valence electrons. The maximum Gasteiger partial charge on any atom is 0.0991 e. The quantitative estimate of drug-likeness (QED) is 0.791. The fourth-order valence-corrected chi connectivity index (χ4v) is 1.65. The zero-order valence-electron chi connectivity index (χ0n) is 11.1. The first-order valence-electron chi connectivity index (χ1n) is 6.05. The van der Waals surface area contributed by atoms with Gasteiger partial charge in [0.25, 0.3) is 0 Å². The van der Waals surface area contributed by atoms with Crippen LogP contribution in [0.3, 0.4) is 0 Å². The van der Waals surface area contributed by atoms with E-state index < -0.39 is 0 Å². The highest BCUT2D eigenvalue weighted by Gasteiger charge is 1.99. The largest absolute Gasteiger partial charge is 0.330 e. The molecule has 0 saturated carbocycles. The molecule has 0 aliphatic rings. The average Bonchev–Trinajstić information content (AvgIpc) is 2.41. The van der Waals surface area contributed by atoms with Crippen molar-refractivity contribution >= 4 is 12.9 Å². The van der Waals surface area contributed by atoms with Crippen LogP contribution in [0.5, 0.6) is 0 Å². The Morgan fingerprint density at radius 3 is 2.89 bits per heavy atom. The van der Waals surface area contributed by atoms with E-state index in [0.29, 0.717) is 18.7 Å². The van der Waals surface area contributed by atoms with Gasteiger partial charge in [-0.3, -0.25) is 9.98 Å². The summed E-state index contributed by atoms with van der Waals surface area (Å²) in [6, 6.07) is 7.73. The van der Waals surface area contributed by atoms with E-state index in [1.165, 1.54) is 0 Å². The first-order chi connectivity index (χ1) is 9.21. The molecule has 1 aromatic rings. The predicted molar refractivity (Wildman–Crippen MR) is 79.4 cm³/mol. The van der Waals surface area contributed by atoms with Crippen molar-refractivity contribution in [1.82, 2.24) is 0 Å². The molecule has 4 heteroatoms. The summed E-state index contributed by atoms with van der Waals surface area (Å²) in [4.78, 5) is 8.10. The molecule has 19 heavy (non-hydrogen) atoms.